The molecule has 2 aromatic carbocycles. The zero-order valence-electron chi connectivity index (χ0n) is 16.4. The fraction of sp³-hybridized carbons (Fsp3) is 0.316. The van der Waals surface area contributed by atoms with E-state index in [9.17, 15) is 9.18 Å². The van der Waals surface area contributed by atoms with Gasteiger partial charge in [-0.25, -0.2) is 13.8 Å². The fourth-order valence-electron chi connectivity index (χ4n) is 2.98. The van der Waals surface area contributed by atoms with Crippen molar-refractivity contribution in [2.75, 3.05) is 32.1 Å². The average molecular weight is 461 g/mol. The number of carbonyl (C=O) groups is 1. The molecule has 0 aromatic heterocycles. The Balaban J connectivity index is 0.000000575. The van der Waals surface area contributed by atoms with Crippen LogP contribution < -0.4 is 4.90 Å². The monoisotopic (exact) mass is 460 g/mol. The first-order valence-electron chi connectivity index (χ1n) is 8.91. The van der Waals surface area contributed by atoms with Crippen molar-refractivity contribution in [3.63, 3.8) is 0 Å². The average Bonchev–Trinajstić information content (AvgIpc) is 3.06. The summed E-state index contributed by atoms with van der Waals surface area (Å²) in [7, 11) is -0.962. The van der Waals surface area contributed by atoms with Crippen LogP contribution in [0.4, 0.5) is 14.9 Å². The number of amides is 1. The Labute approximate surface area is 178 Å². The number of anilines is 1. The van der Waals surface area contributed by atoms with Gasteiger partial charge in [0.05, 0.1) is 10.7 Å². The standard InChI is InChI=1S/C19H20ClFN2O2.H3O4P/c1-22-10-9-14(12-22)25-19(24)23(2)18-6-4-3-5-15(18)13-7-8-17(21)16(20)11-13;1-5(2,3)4/h3-8,11,14H,9-10,12H2,1-2H3;(H3,1,2,3,4)/t14-;/m1./s1. The van der Waals surface area contributed by atoms with Gasteiger partial charge in [-0.15, -0.1) is 0 Å². The maximum absolute atomic E-state index is 13.4. The van der Waals surface area contributed by atoms with E-state index in [1.807, 2.05) is 31.3 Å². The van der Waals surface area contributed by atoms with E-state index in [1.54, 1.807) is 19.2 Å². The summed E-state index contributed by atoms with van der Waals surface area (Å²) in [6.45, 7) is 1.67. The van der Waals surface area contributed by atoms with Gasteiger partial charge in [-0.2, -0.15) is 0 Å². The third-order valence-electron chi connectivity index (χ3n) is 4.39. The molecule has 2 aromatic rings. The van der Waals surface area contributed by atoms with Gasteiger partial charge in [0.2, 0.25) is 0 Å². The number of halogens is 2. The van der Waals surface area contributed by atoms with E-state index in [4.69, 9.17) is 35.6 Å². The molecule has 30 heavy (non-hydrogen) atoms. The van der Waals surface area contributed by atoms with Gasteiger partial charge in [0.1, 0.15) is 11.9 Å². The van der Waals surface area contributed by atoms with Crippen LogP contribution in [0.3, 0.4) is 0 Å². The summed E-state index contributed by atoms with van der Waals surface area (Å²) in [5.74, 6) is -0.471. The minimum atomic E-state index is -4.64. The lowest BCUT2D eigenvalue weighted by molar-refractivity contribution is 0.110. The number of nitrogens with zero attached hydrogens (tertiary/aromatic N) is 2. The molecule has 8 nitrogen and oxygen atoms in total. The lowest BCUT2D eigenvalue weighted by Gasteiger charge is -2.22. The molecule has 0 radical (unpaired) electrons. The van der Waals surface area contributed by atoms with Crippen molar-refractivity contribution in [1.29, 1.82) is 0 Å². The van der Waals surface area contributed by atoms with Crippen molar-refractivity contribution < 1.29 is 33.2 Å². The number of rotatable bonds is 3. The molecule has 1 amide bonds. The van der Waals surface area contributed by atoms with E-state index >= 15 is 0 Å². The predicted molar refractivity (Wildman–Crippen MR) is 112 cm³/mol. The van der Waals surface area contributed by atoms with Crippen molar-refractivity contribution >= 4 is 31.2 Å². The van der Waals surface area contributed by atoms with Gasteiger partial charge in [-0.3, -0.25) is 4.90 Å². The summed E-state index contributed by atoms with van der Waals surface area (Å²) in [6, 6.07) is 11.9. The molecule has 1 aliphatic rings. The quantitative estimate of drug-likeness (QED) is 0.601. The van der Waals surface area contributed by atoms with Crippen molar-refractivity contribution in [2.45, 2.75) is 12.5 Å². The first-order chi connectivity index (χ1) is 14.0. The third kappa shape index (κ3) is 7.36. The predicted octanol–water partition coefficient (Wildman–Crippen LogP) is 3.49. The van der Waals surface area contributed by atoms with E-state index in [0.717, 1.165) is 30.6 Å². The van der Waals surface area contributed by atoms with Crippen LogP contribution in [0.2, 0.25) is 5.02 Å². The molecular formula is C19H23ClFN2O6P. The number of likely N-dealkylation sites (tertiary alicyclic amines) is 1. The van der Waals surface area contributed by atoms with Gasteiger partial charge >= 0.3 is 13.9 Å². The molecular weight excluding hydrogens is 438 g/mol. The lowest BCUT2D eigenvalue weighted by atomic mass is 10.0. The maximum Gasteiger partial charge on any atom is 0.466 e. The number of phosphoric acid groups is 1. The number of para-hydroxylation sites is 1. The SMILES string of the molecule is CN1CC[C@@H](OC(=O)N(C)c2ccccc2-c2ccc(F)c(Cl)c2)C1.O=P(O)(O)O. The Hall–Kier alpha value is -2.00. The van der Waals surface area contributed by atoms with E-state index in [-0.39, 0.29) is 11.1 Å². The van der Waals surface area contributed by atoms with E-state index in [2.05, 4.69) is 4.90 Å². The largest absolute Gasteiger partial charge is 0.466 e. The van der Waals surface area contributed by atoms with E-state index in [1.165, 1.54) is 11.0 Å². The highest BCUT2D eigenvalue weighted by molar-refractivity contribution is 7.45. The van der Waals surface area contributed by atoms with Crippen molar-refractivity contribution in [3.05, 3.63) is 53.3 Å². The molecule has 1 aliphatic heterocycles. The smallest absolute Gasteiger partial charge is 0.444 e. The number of hydrogen-bond acceptors (Lipinski definition) is 4. The summed E-state index contributed by atoms with van der Waals surface area (Å²) in [5.41, 5.74) is 2.20. The Morgan fingerprint density at radius 2 is 1.90 bits per heavy atom. The summed E-state index contributed by atoms with van der Waals surface area (Å²) in [6.07, 6.45) is 0.346. The highest BCUT2D eigenvalue weighted by Crippen LogP contribution is 2.33. The summed E-state index contributed by atoms with van der Waals surface area (Å²) in [5, 5.41) is 0.0477. The molecule has 3 N–H and O–H groups in total. The zero-order valence-corrected chi connectivity index (χ0v) is 18.1. The van der Waals surface area contributed by atoms with Gasteiger partial charge in [-0.1, -0.05) is 35.9 Å². The Morgan fingerprint density at radius 3 is 2.47 bits per heavy atom. The van der Waals surface area contributed by atoms with Crippen LogP contribution in [0.15, 0.2) is 42.5 Å². The van der Waals surface area contributed by atoms with Gasteiger partial charge < -0.3 is 24.3 Å². The lowest BCUT2D eigenvalue weighted by Crippen LogP contribution is -2.32. The topological polar surface area (TPSA) is 111 Å². The molecule has 3 rings (SSSR count). The fourth-order valence-corrected chi connectivity index (χ4v) is 3.17. The van der Waals surface area contributed by atoms with Crippen LogP contribution in [-0.2, 0) is 9.30 Å². The van der Waals surface area contributed by atoms with Crippen LogP contribution in [0.1, 0.15) is 6.42 Å². The number of hydrogen-bond donors (Lipinski definition) is 3. The molecule has 1 fully saturated rings. The second kappa shape index (κ2) is 10.3. The minimum absolute atomic E-state index is 0.0477. The number of benzene rings is 2. The van der Waals surface area contributed by atoms with E-state index in [0.29, 0.717) is 5.69 Å². The van der Waals surface area contributed by atoms with Crippen LogP contribution in [0, 0.1) is 5.82 Å². The van der Waals surface area contributed by atoms with Gasteiger partial charge in [0.25, 0.3) is 0 Å². The maximum atomic E-state index is 13.4. The van der Waals surface area contributed by atoms with Gasteiger partial charge in [-0.05, 0) is 37.2 Å². The molecule has 0 unspecified atom stereocenters. The van der Waals surface area contributed by atoms with Crippen molar-refractivity contribution in [3.8, 4) is 11.1 Å². The first kappa shape index (κ1) is 24.3. The summed E-state index contributed by atoms with van der Waals surface area (Å²) in [4.78, 5) is 37.7. The van der Waals surface area contributed by atoms with Crippen molar-refractivity contribution in [1.82, 2.24) is 4.90 Å². The molecule has 0 spiro atoms. The number of carbonyl (C=O) groups excluding carboxylic acids is 1. The van der Waals surface area contributed by atoms with Crippen LogP contribution >= 0.6 is 19.4 Å². The molecule has 1 heterocycles. The number of likely N-dealkylation sites (N-methyl/N-ethyl adjacent to an activating group) is 1. The van der Waals surface area contributed by atoms with Crippen LogP contribution in [0.25, 0.3) is 11.1 Å². The third-order valence-corrected chi connectivity index (χ3v) is 4.68. The Morgan fingerprint density at radius 1 is 1.27 bits per heavy atom. The first-order valence-corrected chi connectivity index (χ1v) is 10.9. The molecule has 0 bridgehead atoms. The highest BCUT2D eigenvalue weighted by atomic mass is 35.5. The van der Waals surface area contributed by atoms with Crippen LogP contribution in [-0.4, -0.2) is 59.0 Å². The highest BCUT2D eigenvalue weighted by Gasteiger charge is 2.25. The Kier molecular flexibility index (Phi) is 8.37. The van der Waals surface area contributed by atoms with Crippen LogP contribution in [0.5, 0.6) is 0 Å². The molecule has 164 valence electrons. The number of ether oxygens (including phenoxy) is 1. The summed E-state index contributed by atoms with van der Waals surface area (Å²) >= 11 is 5.90. The van der Waals surface area contributed by atoms with Gasteiger partial charge in [0, 0.05) is 25.7 Å². The molecule has 0 saturated carbocycles. The van der Waals surface area contributed by atoms with Crippen molar-refractivity contribution in [2.24, 2.45) is 0 Å². The van der Waals surface area contributed by atoms with Gasteiger partial charge in [0.15, 0.2) is 0 Å². The minimum Gasteiger partial charge on any atom is -0.444 e. The van der Waals surface area contributed by atoms with E-state index < -0.39 is 19.7 Å². The second-order valence-corrected chi connectivity index (χ2v) is 8.21. The molecule has 0 aliphatic carbocycles. The summed E-state index contributed by atoms with van der Waals surface area (Å²) < 4.78 is 27.9. The Bertz CT molecular complexity index is 933. The molecule has 1 atom stereocenters. The molecule has 11 heteroatoms. The molecule has 1 saturated heterocycles. The normalized spacial score (nSPS) is 16.6. The zero-order chi connectivity index (χ0) is 22.5. The second-order valence-electron chi connectivity index (χ2n) is 6.78.